The molecule has 0 atom stereocenters. The Labute approximate surface area is 167 Å². The summed E-state index contributed by atoms with van der Waals surface area (Å²) >= 11 is 0. The highest BCUT2D eigenvalue weighted by molar-refractivity contribution is 6.11. The number of nitrogens with zero attached hydrogens (tertiary/aromatic N) is 2. The quantitative estimate of drug-likeness (QED) is 0.627. The molecule has 0 spiro atoms. The first-order valence-corrected chi connectivity index (χ1v) is 9.50. The number of benzene rings is 2. The molecule has 0 radical (unpaired) electrons. The standard InChI is InChI=1S/C25H26N2O/c1-26(23-13-5-3-6-14-23)19-9-11-21-17-18-22(25(21)28)12-10-20-27(2)24-15-7-4-8-16-24/h3-16,19-20H,17-18H2,1-2H3/b19-9+,20-10+,21-11+,22-12+. The van der Waals surface area contributed by atoms with Crippen molar-refractivity contribution in [1.82, 2.24) is 0 Å². The van der Waals surface area contributed by atoms with Crippen molar-refractivity contribution in [3.05, 3.63) is 109 Å². The van der Waals surface area contributed by atoms with Gasteiger partial charge < -0.3 is 9.80 Å². The van der Waals surface area contributed by atoms with Gasteiger partial charge >= 0.3 is 0 Å². The molecule has 28 heavy (non-hydrogen) atoms. The van der Waals surface area contributed by atoms with Crippen molar-refractivity contribution in [2.24, 2.45) is 0 Å². The largest absolute Gasteiger partial charge is 0.351 e. The van der Waals surface area contributed by atoms with Crippen LogP contribution in [0.2, 0.25) is 0 Å². The number of carbonyl (C=O) groups is 1. The summed E-state index contributed by atoms with van der Waals surface area (Å²) in [6.07, 6.45) is 13.3. The fourth-order valence-electron chi connectivity index (χ4n) is 3.10. The third kappa shape index (κ3) is 5.10. The summed E-state index contributed by atoms with van der Waals surface area (Å²) in [7, 11) is 4.00. The molecule has 1 saturated carbocycles. The molecule has 142 valence electrons. The van der Waals surface area contributed by atoms with Crippen molar-refractivity contribution in [2.75, 3.05) is 23.9 Å². The van der Waals surface area contributed by atoms with E-state index in [9.17, 15) is 4.79 Å². The van der Waals surface area contributed by atoms with Crippen LogP contribution in [0.25, 0.3) is 0 Å². The zero-order valence-electron chi connectivity index (χ0n) is 16.5. The molecule has 0 saturated heterocycles. The maximum atomic E-state index is 12.6. The van der Waals surface area contributed by atoms with Gasteiger partial charge in [-0.05, 0) is 49.3 Å². The van der Waals surface area contributed by atoms with Gasteiger partial charge in [0, 0.05) is 49.0 Å². The number of hydrogen-bond acceptors (Lipinski definition) is 3. The van der Waals surface area contributed by atoms with Crippen molar-refractivity contribution in [3.8, 4) is 0 Å². The molecule has 0 amide bonds. The van der Waals surface area contributed by atoms with Gasteiger partial charge in [0.1, 0.15) is 0 Å². The van der Waals surface area contributed by atoms with Gasteiger partial charge in [-0.15, -0.1) is 0 Å². The molecule has 2 aromatic rings. The molecular weight excluding hydrogens is 344 g/mol. The number of Topliss-reactive ketones (excluding diaryl/α,β-unsaturated/α-hetero) is 1. The van der Waals surface area contributed by atoms with Crippen molar-refractivity contribution >= 4 is 17.2 Å². The second kappa shape index (κ2) is 9.56. The Bertz CT molecular complexity index is 833. The van der Waals surface area contributed by atoms with E-state index in [0.717, 1.165) is 35.4 Å². The van der Waals surface area contributed by atoms with Crippen LogP contribution >= 0.6 is 0 Å². The Hall–Kier alpha value is -3.33. The van der Waals surface area contributed by atoms with Gasteiger partial charge in [0.15, 0.2) is 5.78 Å². The summed E-state index contributed by atoms with van der Waals surface area (Å²) in [4.78, 5) is 16.6. The number of anilines is 2. The third-order valence-electron chi connectivity index (χ3n) is 4.79. The zero-order valence-corrected chi connectivity index (χ0v) is 16.5. The van der Waals surface area contributed by atoms with Gasteiger partial charge in [0.05, 0.1) is 0 Å². The van der Waals surface area contributed by atoms with Crippen LogP contribution < -0.4 is 9.80 Å². The van der Waals surface area contributed by atoms with Gasteiger partial charge in [-0.2, -0.15) is 0 Å². The summed E-state index contributed by atoms with van der Waals surface area (Å²) < 4.78 is 0. The van der Waals surface area contributed by atoms with Crippen molar-refractivity contribution in [3.63, 3.8) is 0 Å². The highest BCUT2D eigenvalue weighted by Gasteiger charge is 2.21. The normalized spacial score (nSPS) is 17.3. The van der Waals surface area contributed by atoms with E-state index in [-0.39, 0.29) is 5.78 Å². The zero-order chi connectivity index (χ0) is 19.8. The number of rotatable bonds is 6. The van der Waals surface area contributed by atoms with Crippen LogP contribution in [0.3, 0.4) is 0 Å². The number of para-hydroxylation sites is 2. The number of carbonyl (C=O) groups excluding carboxylic acids is 1. The van der Waals surface area contributed by atoms with E-state index >= 15 is 0 Å². The topological polar surface area (TPSA) is 23.6 Å². The lowest BCUT2D eigenvalue weighted by atomic mass is 10.1. The molecular formula is C25H26N2O. The van der Waals surface area contributed by atoms with E-state index in [4.69, 9.17) is 0 Å². The maximum Gasteiger partial charge on any atom is 0.185 e. The van der Waals surface area contributed by atoms with E-state index in [1.807, 2.05) is 97.0 Å². The number of allylic oxidation sites excluding steroid dienone is 6. The minimum atomic E-state index is 0.152. The van der Waals surface area contributed by atoms with Crippen molar-refractivity contribution in [2.45, 2.75) is 12.8 Å². The molecule has 3 nitrogen and oxygen atoms in total. The van der Waals surface area contributed by atoms with Crippen LogP contribution in [-0.4, -0.2) is 19.9 Å². The van der Waals surface area contributed by atoms with Gasteiger partial charge in [-0.25, -0.2) is 0 Å². The fraction of sp³-hybridized carbons (Fsp3) is 0.160. The Balaban J connectivity index is 1.59. The first-order valence-electron chi connectivity index (χ1n) is 9.50. The minimum Gasteiger partial charge on any atom is -0.351 e. The summed E-state index contributed by atoms with van der Waals surface area (Å²) in [5.41, 5.74) is 3.97. The fourth-order valence-corrected chi connectivity index (χ4v) is 3.10. The van der Waals surface area contributed by atoms with Crippen LogP contribution in [0, 0.1) is 0 Å². The van der Waals surface area contributed by atoms with E-state index in [0.29, 0.717) is 0 Å². The lowest BCUT2D eigenvalue weighted by Crippen LogP contribution is -2.07. The second-order valence-electron chi connectivity index (χ2n) is 6.79. The van der Waals surface area contributed by atoms with Crippen molar-refractivity contribution < 1.29 is 4.79 Å². The smallest absolute Gasteiger partial charge is 0.185 e. The molecule has 3 rings (SSSR count). The van der Waals surface area contributed by atoms with Crippen molar-refractivity contribution in [1.29, 1.82) is 0 Å². The molecule has 0 aromatic heterocycles. The summed E-state index contributed by atoms with van der Waals surface area (Å²) in [5, 5.41) is 0. The Morgan fingerprint density at radius 3 is 1.46 bits per heavy atom. The summed E-state index contributed by atoms with van der Waals surface area (Å²) in [6, 6.07) is 20.3. The minimum absolute atomic E-state index is 0.152. The highest BCUT2D eigenvalue weighted by atomic mass is 16.1. The molecule has 0 aliphatic heterocycles. The Kier molecular flexibility index (Phi) is 6.64. The van der Waals surface area contributed by atoms with Gasteiger partial charge in [0.25, 0.3) is 0 Å². The number of ketones is 1. The van der Waals surface area contributed by atoms with Crippen LogP contribution in [0.1, 0.15) is 12.8 Å². The molecule has 1 aliphatic rings. The Morgan fingerprint density at radius 2 is 1.07 bits per heavy atom. The Morgan fingerprint density at radius 1 is 0.679 bits per heavy atom. The molecule has 1 aliphatic carbocycles. The average molecular weight is 370 g/mol. The number of hydrogen-bond donors (Lipinski definition) is 0. The van der Waals surface area contributed by atoms with Crippen LogP contribution in [-0.2, 0) is 4.79 Å². The van der Waals surface area contributed by atoms with E-state index < -0.39 is 0 Å². The molecule has 1 fully saturated rings. The lowest BCUT2D eigenvalue weighted by molar-refractivity contribution is -0.111. The predicted octanol–water partition coefficient (Wildman–Crippen LogP) is 5.50. The summed E-state index contributed by atoms with van der Waals surface area (Å²) in [5.74, 6) is 0.152. The summed E-state index contributed by atoms with van der Waals surface area (Å²) in [6.45, 7) is 0. The van der Waals surface area contributed by atoms with Gasteiger partial charge in [0.2, 0.25) is 0 Å². The highest BCUT2D eigenvalue weighted by Crippen LogP contribution is 2.26. The average Bonchev–Trinajstić information content (AvgIpc) is 3.09. The lowest BCUT2D eigenvalue weighted by Gasteiger charge is -2.13. The SMILES string of the molecule is CN(/C=C/C=C1\CC/C(=C\C=C\N(C)c2ccccc2)C1=O)c1ccccc1. The monoisotopic (exact) mass is 370 g/mol. The molecule has 2 aromatic carbocycles. The van der Waals surface area contributed by atoms with Gasteiger partial charge in [-0.3, -0.25) is 4.79 Å². The van der Waals surface area contributed by atoms with E-state index in [1.54, 1.807) is 0 Å². The second-order valence-corrected chi connectivity index (χ2v) is 6.79. The molecule has 3 heteroatoms. The first kappa shape index (κ1) is 19.4. The van der Waals surface area contributed by atoms with E-state index in [2.05, 4.69) is 24.3 Å². The van der Waals surface area contributed by atoms with E-state index in [1.165, 1.54) is 0 Å². The third-order valence-corrected chi connectivity index (χ3v) is 4.79. The van der Waals surface area contributed by atoms with Crippen LogP contribution in [0.15, 0.2) is 109 Å². The van der Waals surface area contributed by atoms with Gasteiger partial charge in [-0.1, -0.05) is 48.6 Å². The molecule has 0 unspecified atom stereocenters. The molecule has 0 heterocycles. The molecule has 0 N–H and O–H groups in total. The predicted molar refractivity (Wildman–Crippen MR) is 118 cm³/mol. The van der Waals surface area contributed by atoms with Crippen LogP contribution in [0.4, 0.5) is 11.4 Å². The van der Waals surface area contributed by atoms with Crippen LogP contribution in [0.5, 0.6) is 0 Å². The first-order chi connectivity index (χ1) is 13.6. The molecule has 0 bridgehead atoms. The maximum absolute atomic E-state index is 12.6.